The number of amides is 3. The van der Waals surface area contributed by atoms with E-state index < -0.39 is 5.60 Å². The van der Waals surface area contributed by atoms with E-state index in [0.717, 1.165) is 25.7 Å². The molecule has 0 N–H and O–H groups in total. The number of piperidine rings is 1. The van der Waals surface area contributed by atoms with Crippen LogP contribution in [0.1, 0.15) is 67.2 Å². The molecule has 3 aliphatic rings. The molecule has 3 amide bonds. The van der Waals surface area contributed by atoms with Crippen molar-refractivity contribution in [1.29, 1.82) is 0 Å². The molecule has 1 aromatic carbocycles. The van der Waals surface area contributed by atoms with E-state index in [1.165, 1.54) is 4.90 Å². The van der Waals surface area contributed by atoms with Crippen LogP contribution in [-0.2, 0) is 4.74 Å². The normalized spacial score (nSPS) is 23.6. The third kappa shape index (κ3) is 3.33. The van der Waals surface area contributed by atoms with Crippen LogP contribution < -0.4 is 0 Å². The Bertz CT molecular complexity index is 772. The van der Waals surface area contributed by atoms with Gasteiger partial charge in [0, 0.05) is 13.1 Å². The third-order valence-corrected chi connectivity index (χ3v) is 5.81. The smallest absolute Gasteiger partial charge is 0.410 e. The quantitative estimate of drug-likeness (QED) is 0.748. The molecule has 6 heteroatoms. The summed E-state index contributed by atoms with van der Waals surface area (Å²) < 4.78 is 5.61. The Kier molecular flexibility index (Phi) is 4.05. The van der Waals surface area contributed by atoms with Crippen LogP contribution in [0.15, 0.2) is 24.3 Å². The van der Waals surface area contributed by atoms with E-state index in [1.54, 1.807) is 29.2 Å². The number of nitrogens with zero attached hydrogens (tertiary/aromatic N) is 2. The zero-order chi connectivity index (χ0) is 19.4. The summed E-state index contributed by atoms with van der Waals surface area (Å²) in [5, 5.41) is 0. The summed E-state index contributed by atoms with van der Waals surface area (Å²) in [6.07, 6.45) is 3.72. The molecule has 0 bridgehead atoms. The van der Waals surface area contributed by atoms with E-state index in [-0.39, 0.29) is 35.9 Å². The van der Waals surface area contributed by atoms with Crippen molar-refractivity contribution < 1.29 is 19.1 Å². The van der Waals surface area contributed by atoms with Crippen LogP contribution in [0.3, 0.4) is 0 Å². The van der Waals surface area contributed by atoms with Crippen LogP contribution in [0.5, 0.6) is 0 Å². The van der Waals surface area contributed by atoms with Crippen LogP contribution in [0.4, 0.5) is 4.79 Å². The van der Waals surface area contributed by atoms with Crippen LogP contribution in [-0.4, -0.2) is 52.4 Å². The second kappa shape index (κ2) is 6.08. The van der Waals surface area contributed by atoms with Gasteiger partial charge < -0.3 is 9.64 Å². The lowest BCUT2D eigenvalue weighted by Crippen LogP contribution is -2.54. The molecule has 144 valence electrons. The van der Waals surface area contributed by atoms with Gasteiger partial charge in [-0.25, -0.2) is 4.79 Å². The van der Waals surface area contributed by atoms with Crippen molar-refractivity contribution in [3.8, 4) is 0 Å². The maximum absolute atomic E-state index is 12.8. The number of hydrogen-bond acceptors (Lipinski definition) is 4. The summed E-state index contributed by atoms with van der Waals surface area (Å²) in [5.74, 6) is -0.544. The fourth-order valence-corrected chi connectivity index (χ4v) is 4.12. The van der Waals surface area contributed by atoms with Gasteiger partial charge in [-0.1, -0.05) is 12.1 Å². The largest absolute Gasteiger partial charge is 0.444 e. The molecule has 2 fully saturated rings. The number of ether oxygens (including phenoxy) is 1. The monoisotopic (exact) mass is 370 g/mol. The van der Waals surface area contributed by atoms with E-state index in [0.29, 0.717) is 17.7 Å². The van der Waals surface area contributed by atoms with Crippen molar-refractivity contribution in [3.05, 3.63) is 35.4 Å². The number of fused-ring (bicyclic) bond motifs is 1. The van der Waals surface area contributed by atoms with Gasteiger partial charge in [-0.2, -0.15) is 0 Å². The van der Waals surface area contributed by atoms with Gasteiger partial charge in [-0.05, 0) is 64.0 Å². The van der Waals surface area contributed by atoms with E-state index in [1.807, 2.05) is 20.8 Å². The number of rotatable bonds is 2. The van der Waals surface area contributed by atoms with Gasteiger partial charge in [0.15, 0.2) is 0 Å². The maximum atomic E-state index is 12.8. The fourth-order valence-electron chi connectivity index (χ4n) is 4.12. The molecule has 0 unspecified atom stereocenters. The molecule has 1 spiro atoms. The lowest BCUT2D eigenvalue weighted by atomic mass is 9.90. The summed E-state index contributed by atoms with van der Waals surface area (Å²) in [6.45, 7) is 6.42. The molecule has 0 radical (unpaired) electrons. The van der Waals surface area contributed by atoms with E-state index in [9.17, 15) is 14.4 Å². The zero-order valence-electron chi connectivity index (χ0n) is 16.2. The average Bonchev–Trinajstić information content (AvgIpc) is 3.32. The number of likely N-dealkylation sites (tertiary alicyclic amines) is 1. The van der Waals surface area contributed by atoms with E-state index in [2.05, 4.69) is 0 Å². The second-order valence-electron chi connectivity index (χ2n) is 9.07. The molecule has 27 heavy (non-hydrogen) atoms. The molecule has 6 nitrogen and oxygen atoms in total. The maximum Gasteiger partial charge on any atom is 0.410 e. The highest BCUT2D eigenvalue weighted by Crippen LogP contribution is 2.53. The molecular weight excluding hydrogens is 344 g/mol. The Morgan fingerprint density at radius 1 is 1.11 bits per heavy atom. The molecule has 1 saturated heterocycles. The van der Waals surface area contributed by atoms with Crippen molar-refractivity contribution in [2.75, 3.05) is 13.1 Å². The van der Waals surface area contributed by atoms with Gasteiger partial charge in [-0.15, -0.1) is 0 Å². The highest BCUT2D eigenvalue weighted by atomic mass is 16.6. The Morgan fingerprint density at radius 3 is 2.22 bits per heavy atom. The predicted molar refractivity (Wildman–Crippen MR) is 99.4 cm³/mol. The summed E-state index contributed by atoms with van der Waals surface area (Å²) in [6, 6.07) is 6.69. The lowest BCUT2D eigenvalue weighted by molar-refractivity contribution is -0.00417. The van der Waals surface area contributed by atoms with Crippen molar-refractivity contribution in [3.63, 3.8) is 0 Å². The minimum atomic E-state index is -0.578. The topological polar surface area (TPSA) is 66.9 Å². The second-order valence-corrected chi connectivity index (χ2v) is 9.07. The number of carbonyl (C=O) groups is 3. The fraction of sp³-hybridized carbons (Fsp3) is 0.571. The van der Waals surface area contributed by atoms with Crippen LogP contribution in [0, 0.1) is 5.41 Å². The third-order valence-electron chi connectivity index (χ3n) is 5.81. The Morgan fingerprint density at radius 2 is 1.70 bits per heavy atom. The molecule has 2 aliphatic heterocycles. The van der Waals surface area contributed by atoms with Crippen molar-refractivity contribution in [2.45, 2.75) is 58.1 Å². The number of carbonyl (C=O) groups excluding carboxylic acids is 3. The van der Waals surface area contributed by atoms with Gasteiger partial charge in [-0.3, -0.25) is 14.5 Å². The summed E-state index contributed by atoms with van der Waals surface area (Å²) in [4.78, 5) is 41.2. The van der Waals surface area contributed by atoms with Crippen molar-refractivity contribution in [1.82, 2.24) is 9.80 Å². The number of benzene rings is 1. The molecular formula is C21H26N2O4. The Hall–Kier alpha value is -2.37. The molecule has 0 aromatic heterocycles. The molecule has 1 atom stereocenters. The standard InChI is InChI=1S/C21H26N2O4/c1-20(2,3)27-19(26)23-13-21(10-11-21)9-8-14(23)12-22-17(24)15-6-4-5-7-16(15)18(22)25/h4-7,14H,8-13H2,1-3H3/t14-/m0/s1. The van der Waals surface area contributed by atoms with Crippen molar-refractivity contribution in [2.24, 2.45) is 5.41 Å². The zero-order valence-corrected chi connectivity index (χ0v) is 16.2. The number of imide groups is 1. The molecule has 2 heterocycles. The minimum Gasteiger partial charge on any atom is -0.444 e. The van der Waals surface area contributed by atoms with Gasteiger partial charge in [0.05, 0.1) is 17.2 Å². The molecule has 1 aromatic rings. The predicted octanol–water partition coefficient (Wildman–Crippen LogP) is 3.46. The van der Waals surface area contributed by atoms with Crippen molar-refractivity contribution >= 4 is 17.9 Å². The Labute approximate surface area is 159 Å². The summed E-state index contributed by atoms with van der Waals surface area (Å²) in [7, 11) is 0. The average molecular weight is 370 g/mol. The SMILES string of the molecule is CC(C)(C)OC(=O)N1CC2(CC[C@H]1CN1C(=O)c3ccccc3C1=O)CC2. The number of hydrogen-bond donors (Lipinski definition) is 0. The van der Waals surface area contributed by atoms with Gasteiger partial charge in [0.25, 0.3) is 11.8 Å². The first-order valence-corrected chi connectivity index (χ1v) is 9.64. The van der Waals surface area contributed by atoms with Gasteiger partial charge in [0.1, 0.15) is 5.60 Å². The van der Waals surface area contributed by atoms with Crippen LogP contribution in [0.2, 0.25) is 0 Å². The van der Waals surface area contributed by atoms with Crippen LogP contribution in [0.25, 0.3) is 0 Å². The molecule has 1 saturated carbocycles. The minimum absolute atomic E-state index is 0.201. The first-order valence-electron chi connectivity index (χ1n) is 9.64. The highest BCUT2D eigenvalue weighted by molar-refractivity contribution is 6.21. The molecule has 1 aliphatic carbocycles. The summed E-state index contributed by atoms with van der Waals surface area (Å²) >= 11 is 0. The van der Waals surface area contributed by atoms with Crippen LogP contribution >= 0.6 is 0 Å². The van der Waals surface area contributed by atoms with Gasteiger partial charge >= 0.3 is 6.09 Å². The first-order chi connectivity index (χ1) is 12.7. The first kappa shape index (κ1) is 18.0. The van der Waals surface area contributed by atoms with Gasteiger partial charge in [0.2, 0.25) is 0 Å². The van der Waals surface area contributed by atoms with E-state index in [4.69, 9.17) is 4.74 Å². The van der Waals surface area contributed by atoms with E-state index >= 15 is 0 Å². The highest BCUT2D eigenvalue weighted by Gasteiger charge is 2.51. The summed E-state index contributed by atoms with van der Waals surface area (Å²) in [5.41, 5.74) is 0.530. The lowest BCUT2D eigenvalue weighted by Gasteiger charge is -2.41. The molecule has 4 rings (SSSR count). The Balaban J connectivity index is 1.54.